The zero-order valence-corrected chi connectivity index (χ0v) is 11.3. The molecule has 0 N–H and O–H groups in total. The SMILES string of the molecule is O=C1CCCCCC1c1nc(N2CCCCC2)no1. The van der Waals surface area contributed by atoms with E-state index < -0.39 is 0 Å². The van der Waals surface area contributed by atoms with Crippen molar-refractivity contribution in [2.24, 2.45) is 0 Å². The zero-order valence-electron chi connectivity index (χ0n) is 11.3. The third-order valence-corrected chi connectivity index (χ3v) is 4.17. The molecule has 1 saturated carbocycles. The first-order valence-corrected chi connectivity index (χ1v) is 7.46. The predicted molar refractivity (Wildman–Crippen MR) is 71.2 cm³/mol. The number of hydrogen-bond donors (Lipinski definition) is 0. The van der Waals surface area contributed by atoms with Crippen LogP contribution in [0.4, 0.5) is 5.95 Å². The van der Waals surface area contributed by atoms with Gasteiger partial charge in [-0.2, -0.15) is 4.98 Å². The van der Waals surface area contributed by atoms with E-state index in [-0.39, 0.29) is 11.7 Å². The standard InChI is InChI=1S/C14H21N3O2/c18-12-8-4-1-3-7-11(12)13-15-14(16-19-13)17-9-5-2-6-10-17/h11H,1-10H2. The van der Waals surface area contributed by atoms with Gasteiger partial charge < -0.3 is 9.42 Å². The molecule has 1 aromatic heterocycles. The van der Waals surface area contributed by atoms with Crippen LogP contribution in [-0.2, 0) is 4.79 Å². The second kappa shape index (κ2) is 5.72. The maximum atomic E-state index is 12.1. The second-order valence-corrected chi connectivity index (χ2v) is 5.60. The summed E-state index contributed by atoms with van der Waals surface area (Å²) < 4.78 is 5.36. The predicted octanol–water partition coefficient (Wildman–Crippen LogP) is 2.68. The maximum Gasteiger partial charge on any atom is 0.266 e. The number of hydrogen-bond acceptors (Lipinski definition) is 5. The Morgan fingerprint density at radius 2 is 1.84 bits per heavy atom. The molecule has 1 unspecified atom stereocenters. The van der Waals surface area contributed by atoms with Crippen molar-refractivity contribution in [2.75, 3.05) is 18.0 Å². The number of piperidine rings is 1. The fourth-order valence-electron chi connectivity index (χ4n) is 3.01. The third-order valence-electron chi connectivity index (χ3n) is 4.17. The summed E-state index contributed by atoms with van der Waals surface area (Å²) in [6.45, 7) is 2.00. The molecule has 0 radical (unpaired) electrons. The molecule has 1 aliphatic heterocycles. The van der Waals surface area contributed by atoms with Gasteiger partial charge in [0.1, 0.15) is 5.78 Å². The van der Waals surface area contributed by atoms with E-state index in [0.717, 1.165) is 38.8 Å². The van der Waals surface area contributed by atoms with Crippen molar-refractivity contribution in [1.82, 2.24) is 10.1 Å². The van der Waals surface area contributed by atoms with Crippen molar-refractivity contribution >= 4 is 11.7 Å². The van der Waals surface area contributed by atoms with Crippen LogP contribution in [0, 0.1) is 0 Å². The molecule has 1 atom stereocenters. The minimum absolute atomic E-state index is 0.159. The summed E-state index contributed by atoms with van der Waals surface area (Å²) in [6, 6.07) is 0. The Balaban J connectivity index is 1.74. The number of carbonyl (C=O) groups is 1. The Hall–Kier alpha value is -1.39. The van der Waals surface area contributed by atoms with Gasteiger partial charge in [-0.1, -0.05) is 12.8 Å². The molecule has 2 aliphatic rings. The highest BCUT2D eigenvalue weighted by atomic mass is 16.5. The summed E-state index contributed by atoms with van der Waals surface area (Å²) in [6.07, 6.45) is 8.39. The summed E-state index contributed by atoms with van der Waals surface area (Å²) in [5, 5.41) is 4.07. The fourth-order valence-corrected chi connectivity index (χ4v) is 3.01. The van der Waals surface area contributed by atoms with E-state index in [4.69, 9.17) is 4.52 Å². The molecular weight excluding hydrogens is 242 g/mol. The highest BCUT2D eigenvalue weighted by Crippen LogP contribution is 2.29. The molecule has 0 aromatic carbocycles. The van der Waals surface area contributed by atoms with Gasteiger partial charge in [0.25, 0.3) is 5.95 Å². The Kier molecular flexibility index (Phi) is 3.80. The van der Waals surface area contributed by atoms with E-state index in [1.165, 1.54) is 19.3 Å². The van der Waals surface area contributed by atoms with Crippen LogP contribution < -0.4 is 4.90 Å². The lowest BCUT2D eigenvalue weighted by atomic mass is 9.99. The lowest BCUT2D eigenvalue weighted by molar-refractivity contribution is -0.120. The molecule has 0 bridgehead atoms. The highest BCUT2D eigenvalue weighted by Gasteiger charge is 2.28. The van der Waals surface area contributed by atoms with Crippen molar-refractivity contribution in [1.29, 1.82) is 0 Å². The van der Waals surface area contributed by atoms with E-state index in [1.54, 1.807) is 0 Å². The smallest absolute Gasteiger partial charge is 0.266 e. The molecule has 2 heterocycles. The van der Waals surface area contributed by atoms with Crippen molar-refractivity contribution < 1.29 is 9.32 Å². The molecule has 3 rings (SSSR count). The number of rotatable bonds is 2. The van der Waals surface area contributed by atoms with E-state index in [0.29, 0.717) is 18.3 Å². The fraction of sp³-hybridized carbons (Fsp3) is 0.786. The topological polar surface area (TPSA) is 59.2 Å². The maximum absolute atomic E-state index is 12.1. The van der Waals surface area contributed by atoms with Gasteiger partial charge >= 0.3 is 0 Å². The number of nitrogens with zero attached hydrogens (tertiary/aromatic N) is 3. The highest BCUT2D eigenvalue weighted by molar-refractivity contribution is 5.84. The van der Waals surface area contributed by atoms with E-state index in [9.17, 15) is 4.79 Å². The first kappa shape index (κ1) is 12.6. The average molecular weight is 263 g/mol. The van der Waals surface area contributed by atoms with Crippen LogP contribution in [0.1, 0.15) is 63.2 Å². The van der Waals surface area contributed by atoms with Crippen LogP contribution in [0.15, 0.2) is 4.52 Å². The summed E-state index contributed by atoms with van der Waals surface area (Å²) in [7, 11) is 0. The molecule has 5 nitrogen and oxygen atoms in total. The van der Waals surface area contributed by atoms with Crippen molar-refractivity contribution in [3.8, 4) is 0 Å². The van der Waals surface area contributed by atoms with Crippen LogP contribution in [0.2, 0.25) is 0 Å². The molecule has 1 aromatic rings. The van der Waals surface area contributed by atoms with E-state index in [1.807, 2.05) is 0 Å². The van der Waals surface area contributed by atoms with Gasteiger partial charge in [0, 0.05) is 19.5 Å². The van der Waals surface area contributed by atoms with Crippen LogP contribution in [0.25, 0.3) is 0 Å². The Morgan fingerprint density at radius 3 is 2.68 bits per heavy atom. The molecule has 0 spiro atoms. The molecule has 0 amide bonds. The Morgan fingerprint density at radius 1 is 1.05 bits per heavy atom. The van der Waals surface area contributed by atoms with Crippen molar-refractivity contribution in [3.05, 3.63) is 5.89 Å². The number of carbonyl (C=O) groups excluding carboxylic acids is 1. The van der Waals surface area contributed by atoms with Crippen molar-refractivity contribution in [3.63, 3.8) is 0 Å². The first-order chi connectivity index (χ1) is 9.34. The van der Waals surface area contributed by atoms with E-state index in [2.05, 4.69) is 15.0 Å². The minimum atomic E-state index is -0.159. The third kappa shape index (κ3) is 2.80. The Labute approximate surface area is 113 Å². The van der Waals surface area contributed by atoms with Crippen LogP contribution in [0.3, 0.4) is 0 Å². The summed E-state index contributed by atoms with van der Waals surface area (Å²) in [5.74, 6) is 1.32. The molecule has 1 aliphatic carbocycles. The monoisotopic (exact) mass is 263 g/mol. The molecule has 19 heavy (non-hydrogen) atoms. The molecular formula is C14H21N3O2. The lowest BCUT2D eigenvalue weighted by Crippen LogP contribution is -2.30. The lowest BCUT2D eigenvalue weighted by Gasteiger charge is -2.24. The Bertz CT molecular complexity index is 438. The second-order valence-electron chi connectivity index (χ2n) is 5.60. The van der Waals surface area contributed by atoms with Crippen molar-refractivity contribution in [2.45, 2.75) is 57.3 Å². The van der Waals surface area contributed by atoms with Crippen LogP contribution in [0.5, 0.6) is 0 Å². The number of anilines is 1. The number of aromatic nitrogens is 2. The molecule has 5 heteroatoms. The largest absolute Gasteiger partial charge is 0.338 e. The molecule has 104 valence electrons. The summed E-state index contributed by atoms with van der Waals surface area (Å²) >= 11 is 0. The minimum Gasteiger partial charge on any atom is -0.338 e. The van der Waals surface area contributed by atoms with Gasteiger partial charge in [-0.25, -0.2) is 0 Å². The quantitative estimate of drug-likeness (QED) is 0.768. The zero-order chi connectivity index (χ0) is 13.1. The normalized spacial score (nSPS) is 25.4. The van der Waals surface area contributed by atoms with Gasteiger partial charge in [-0.05, 0) is 37.3 Å². The number of ketones is 1. The number of Topliss-reactive ketones (excluding diaryl/α,β-unsaturated/α-hetero) is 1. The van der Waals surface area contributed by atoms with Gasteiger partial charge in [0.15, 0.2) is 0 Å². The first-order valence-electron chi connectivity index (χ1n) is 7.46. The average Bonchev–Trinajstić information content (AvgIpc) is 2.83. The summed E-state index contributed by atoms with van der Waals surface area (Å²) in [4.78, 5) is 18.7. The van der Waals surface area contributed by atoms with Crippen LogP contribution >= 0.6 is 0 Å². The van der Waals surface area contributed by atoms with Gasteiger partial charge in [-0.3, -0.25) is 4.79 Å². The molecule has 1 saturated heterocycles. The van der Waals surface area contributed by atoms with Gasteiger partial charge in [-0.15, -0.1) is 0 Å². The summed E-state index contributed by atoms with van der Waals surface area (Å²) in [5.41, 5.74) is 0. The van der Waals surface area contributed by atoms with Gasteiger partial charge in [0.05, 0.1) is 5.92 Å². The van der Waals surface area contributed by atoms with Crippen LogP contribution in [-0.4, -0.2) is 29.0 Å². The van der Waals surface area contributed by atoms with E-state index >= 15 is 0 Å². The molecule has 2 fully saturated rings. The van der Waals surface area contributed by atoms with Gasteiger partial charge in [0.2, 0.25) is 5.89 Å².